The topological polar surface area (TPSA) is 26.8 Å². The van der Waals surface area contributed by atoms with Gasteiger partial charge in [-0.25, -0.2) is 0 Å². The fourth-order valence-corrected chi connectivity index (χ4v) is 2.87. The average Bonchev–Trinajstić information content (AvgIpc) is 2.49. The summed E-state index contributed by atoms with van der Waals surface area (Å²) >= 11 is 0. The minimum absolute atomic E-state index is 0.0133. The number of benzene rings is 1. The Balaban J connectivity index is 1.86. The second-order valence-electron chi connectivity index (χ2n) is 6.15. The van der Waals surface area contributed by atoms with E-state index in [0.717, 1.165) is 32.7 Å². The number of hydrogen-bond acceptors (Lipinski definition) is 3. The van der Waals surface area contributed by atoms with Gasteiger partial charge in [0.1, 0.15) is 0 Å². The largest absolute Gasteiger partial charge is 0.347 e. The molecule has 116 valence electrons. The van der Waals surface area contributed by atoms with E-state index in [9.17, 15) is 4.79 Å². The van der Waals surface area contributed by atoms with Crippen LogP contribution in [0, 0.1) is 6.92 Å². The summed E-state index contributed by atoms with van der Waals surface area (Å²) in [5.74, 6) is 0.197. The number of carbonyl (C=O) groups is 1. The van der Waals surface area contributed by atoms with Gasteiger partial charge in [0, 0.05) is 46.8 Å². The van der Waals surface area contributed by atoms with Gasteiger partial charge in [0.2, 0.25) is 5.91 Å². The van der Waals surface area contributed by atoms with Crippen LogP contribution in [-0.4, -0.2) is 66.9 Å². The molecule has 1 heterocycles. The molecule has 0 aromatic heterocycles. The van der Waals surface area contributed by atoms with Gasteiger partial charge in [0.05, 0.1) is 6.04 Å². The van der Waals surface area contributed by atoms with Crippen LogP contribution in [0.5, 0.6) is 0 Å². The van der Waals surface area contributed by atoms with E-state index in [4.69, 9.17) is 0 Å². The molecule has 1 aliphatic heterocycles. The molecule has 1 saturated heterocycles. The van der Waals surface area contributed by atoms with Crippen molar-refractivity contribution in [2.24, 2.45) is 0 Å². The van der Waals surface area contributed by atoms with Crippen molar-refractivity contribution in [3.63, 3.8) is 0 Å². The van der Waals surface area contributed by atoms with Gasteiger partial charge in [-0.1, -0.05) is 24.3 Å². The Morgan fingerprint density at radius 1 is 1.19 bits per heavy atom. The number of likely N-dealkylation sites (N-methyl/N-ethyl adjacent to an activating group) is 1. The smallest absolute Gasteiger partial charge is 0.239 e. The molecule has 1 atom stereocenters. The van der Waals surface area contributed by atoms with Crippen LogP contribution in [0.2, 0.25) is 0 Å². The van der Waals surface area contributed by atoms with Crippen molar-refractivity contribution in [1.29, 1.82) is 0 Å². The number of nitrogens with zero attached hydrogens (tertiary/aromatic N) is 3. The molecule has 4 nitrogen and oxygen atoms in total. The molecule has 1 aromatic carbocycles. The van der Waals surface area contributed by atoms with Gasteiger partial charge >= 0.3 is 0 Å². The zero-order valence-corrected chi connectivity index (χ0v) is 13.7. The Labute approximate surface area is 128 Å². The summed E-state index contributed by atoms with van der Waals surface area (Å²) in [6, 6.07) is 8.56. The highest BCUT2D eigenvalue weighted by Gasteiger charge is 2.26. The second-order valence-corrected chi connectivity index (χ2v) is 6.15. The summed E-state index contributed by atoms with van der Waals surface area (Å²) in [5.41, 5.74) is 2.76. The maximum Gasteiger partial charge on any atom is 0.239 e. The number of amides is 1. The molecule has 0 aliphatic carbocycles. The van der Waals surface area contributed by atoms with E-state index in [2.05, 4.69) is 41.0 Å². The predicted octanol–water partition coefficient (Wildman–Crippen LogP) is 1.59. The van der Waals surface area contributed by atoms with Gasteiger partial charge in [-0.3, -0.25) is 14.6 Å². The Bertz CT molecular complexity index is 479. The quantitative estimate of drug-likeness (QED) is 0.842. The summed E-state index contributed by atoms with van der Waals surface area (Å²) in [6.45, 7) is 9.18. The zero-order chi connectivity index (χ0) is 15.4. The Morgan fingerprint density at radius 2 is 1.81 bits per heavy atom. The van der Waals surface area contributed by atoms with Gasteiger partial charge in [-0.2, -0.15) is 0 Å². The first kappa shape index (κ1) is 16.0. The monoisotopic (exact) mass is 289 g/mol. The minimum atomic E-state index is -0.0133. The van der Waals surface area contributed by atoms with Crippen molar-refractivity contribution in [2.75, 3.05) is 40.3 Å². The van der Waals surface area contributed by atoms with E-state index >= 15 is 0 Å². The first-order valence-corrected chi connectivity index (χ1v) is 7.71. The molecule has 1 aliphatic rings. The molecule has 0 N–H and O–H groups in total. The Hall–Kier alpha value is -1.39. The minimum Gasteiger partial charge on any atom is -0.347 e. The lowest BCUT2D eigenvalue weighted by molar-refractivity contribution is -0.134. The van der Waals surface area contributed by atoms with Crippen molar-refractivity contribution >= 4 is 5.91 Å². The average molecular weight is 289 g/mol. The Kier molecular flexibility index (Phi) is 5.37. The SMILES string of the molecule is Cc1ccccc1CN1CCN(C(C)C(=O)N(C)C)CC1. The van der Waals surface area contributed by atoms with E-state index in [0.29, 0.717) is 0 Å². The van der Waals surface area contributed by atoms with Crippen molar-refractivity contribution in [2.45, 2.75) is 26.4 Å². The number of aryl methyl sites for hydroxylation is 1. The van der Waals surface area contributed by atoms with E-state index in [1.54, 1.807) is 4.90 Å². The van der Waals surface area contributed by atoms with E-state index in [-0.39, 0.29) is 11.9 Å². The molecule has 1 aromatic rings. The number of carbonyl (C=O) groups excluding carboxylic acids is 1. The van der Waals surface area contributed by atoms with Crippen molar-refractivity contribution in [3.8, 4) is 0 Å². The lowest BCUT2D eigenvalue weighted by Gasteiger charge is -2.38. The highest BCUT2D eigenvalue weighted by Crippen LogP contribution is 2.14. The number of rotatable bonds is 4. The van der Waals surface area contributed by atoms with E-state index in [1.807, 2.05) is 21.0 Å². The van der Waals surface area contributed by atoms with Gasteiger partial charge in [0.25, 0.3) is 0 Å². The highest BCUT2D eigenvalue weighted by atomic mass is 16.2. The third kappa shape index (κ3) is 4.05. The highest BCUT2D eigenvalue weighted by molar-refractivity contribution is 5.80. The van der Waals surface area contributed by atoms with E-state index < -0.39 is 0 Å². The lowest BCUT2D eigenvalue weighted by Crippen LogP contribution is -2.53. The van der Waals surface area contributed by atoms with Crippen LogP contribution in [0.4, 0.5) is 0 Å². The summed E-state index contributed by atoms with van der Waals surface area (Å²) < 4.78 is 0. The van der Waals surface area contributed by atoms with Crippen molar-refractivity contribution in [1.82, 2.24) is 14.7 Å². The predicted molar refractivity (Wildman–Crippen MR) is 86.2 cm³/mol. The molecule has 0 saturated carbocycles. The molecule has 4 heteroatoms. The molecule has 2 rings (SSSR count). The molecular formula is C17H27N3O. The molecule has 21 heavy (non-hydrogen) atoms. The molecule has 0 radical (unpaired) electrons. The van der Waals surface area contributed by atoms with Crippen LogP contribution in [0.1, 0.15) is 18.1 Å². The van der Waals surface area contributed by atoms with Crippen LogP contribution < -0.4 is 0 Å². The number of hydrogen-bond donors (Lipinski definition) is 0. The third-order valence-corrected chi connectivity index (χ3v) is 4.41. The Morgan fingerprint density at radius 3 is 2.38 bits per heavy atom. The van der Waals surface area contributed by atoms with Gasteiger partial charge in [0.15, 0.2) is 0 Å². The first-order valence-electron chi connectivity index (χ1n) is 7.71. The van der Waals surface area contributed by atoms with Crippen molar-refractivity contribution in [3.05, 3.63) is 35.4 Å². The first-order chi connectivity index (χ1) is 9.99. The fraction of sp³-hybridized carbons (Fsp3) is 0.588. The lowest BCUT2D eigenvalue weighted by atomic mass is 10.1. The van der Waals surface area contributed by atoms with Gasteiger partial charge < -0.3 is 4.90 Å². The zero-order valence-electron chi connectivity index (χ0n) is 13.7. The third-order valence-electron chi connectivity index (χ3n) is 4.41. The van der Waals surface area contributed by atoms with E-state index in [1.165, 1.54) is 11.1 Å². The van der Waals surface area contributed by atoms with Crippen LogP contribution in [0.3, 0.4) is 0 Å². The van der Waals surface area contributed by atoms with Crippen LogP contribution in [-0.2, 0) is 11.3 Å². The standard InChI is InChI=1S/C17H27N3O/c1-14-7-5-6-8-16(14)13-19-9-11-20(12-10-19)15(2)17(21)18(3)4/h5-8,15H,9-13H2,1-4H3. The fourth-order valence-electron chi connectivity index (χ4n) is 2.87. The number of piperazine rings is 1. The second kappa shape index (κ2) is 7.05. The van der Waals surface area contributed by atoms with Crippen molar-refractivity contribution < 1.29 is 4.79 Å². The molecule has 0 bridgehead atoms. The van der Waals surface area contributed by atoms with Crippen LogP contribution >= 0.6 is 0 Å². The summed E-state index contributed by atoms with van der Waals surface area (Å²) in [6.07, 6.45) is 0. The molecule has 1 amide bonds. The molecule has 1 unspecified atom stereocenters. The molecule has 1 fully saturated rings. The summed E-state index contributed by atoms with van der Waals surface area (Å²) in [5, 5.41) is 0. The summed E-state index contributed by atoms with van der Waals surface area (Å²) in [7, 11) is 3.65. The van der Waals surface area contributed by atoms with Crippen LogP contribution in [0.15, 0.2) is 24.3 Å². The maximum atomic E-state index is 12.0. The molecule has 0 spiro atoms. The normalized spacial score (nSPS) is 18.5. The summed E-state index contributed by atoms with van der Waals surface area (Å²) in [4.78, 5) is 18.5. The van der Waals surface area contributed by atoms with Crippen LogP contribution in [0.25, 0.3) is 0 Å². The van der Waals surface area contributed by atoms with Gasteiger partial charge in [-0.05, 0) is 25.0 Å². The maximum absolute atomic E-state index is 12.0. The van der Waals surface area contributed by atoms with Gasteiger partial charge in [-0.15, -0.1) is 0 Å². The molecular weight excluding hydrogens is 262 g/mol.